The number of rotatable bonds is 4. The van der Waals surface area contributed by atoms with Crippen LogP contribution in [-0.2, 0) is 13.5 Å². The third kappa shape index (κ3) is 3.33. The molecule has 2 nitrogen and oxygen atoms in total. The van der Waals surface area contributed by atoms with Crippen LogP contribution in [0.4, 0.5) is 4.39 Å². The molecule has 5 aromatic rings. The maximum absolute atomic E-state index is 14.9. The van der Waals surface area contributed by atoms with Crippen LogP contribution in [0.1, 0.15) is 54.9 Å². The summed E-state index contributed by atoms with van der Waals surface area (Å²) in [5, 5.41) is 4.53. The fourth-order valence-corrected chi connectivity index (χ4v) is 5.50. The molecule has 0 atom stereocenters. The molecule has 3 heteroatoms. The molecule has 1 aliphatic rings. The Hall–Kier alpha value is -3.20. The molecule has 172 valence electrons. The molecule has 6 rings (SSSR count). The Bertz CT molecular complexity index is 1600. The van der Waals surface area contributed by atoms with E-state index in [0.29, 0.717) is 17.4 Å². The van der Waals surface area contributed by atoms with Gasteiger partial charge in [0, 0.05) is 22.9 Å². The van der Waals surface area contributed by atoms with Gasteiger partial charge in [-0.05, 0) is 90.8 Å². The molecular formula is C31H31FNO+. The summed E-state index contributed by atoms with van der Waals surface area (Å²) in [4.78, 5) is 0. The van der Waals surface area contributed by atoms with E-state index in [1.54, 1.807) is 6.07 Å². The molecule has 0 saturated heterocycles. The van der Waals surface area contributed by atoms with Gasteiger partial charge >= 0.3 is 0 Å². The molecule has 0 spiro atoms. The van der Waals surface area contributed by atoms with E-state index in [1.807, 2.05) is 6.07 Å². The molecule has 0 radical (unpaired) electrons. The zero-order chi connectivity index (χ0) is 23.7. The average Bonchev–Trinajstić information content (AvgIpc) is 3.57. The van der Waals surface area contributed by atoms with Crippen LogP contribution in [-0.4, -0.2) is 0 Å². The van der Waals surface area contributed by atoms with Crippen LogP contribution in [0.25, 0.3) is 44.0 Å². The van der Waals surface area contributed by atoms with Crippen molar-refractivity contribution >= 4 is 32.7 Å². The van der Waals surface area contributed by atoms with Crippen LogP contribution in [0, 0.1) is 25.6 Å². The normalized spacial score (nSPS) is 14.2. The number of nitrogens with zero attached hydrogens (tertiary/aromatic N) is 1. The van der Waals surface area contributed by atoms with Gasteiger partial charge in [-0.15, -0.1) is 0 Å². The summed E-state index contributed by atoms with van der Waals surface area (Å²) in [7, 11) is 2.10. The van der Waals surface area contributed by atoms with E-state index in [-0.39, 0.29) is 5.82 Å². The topological polar surface area (TPSA) is 17.0 Å². The summed E-state index contributed by atoms with van der Waals surface area (Å²) in [6.07, 6.45) is 5.36. The smallest absolute Gasteiger partial charge is 0.224 e. The van der Waals surface area contributed by atoms with Crippen molar-refractivity contribution in [3.63, 3.8) is 0 Å². The highest BCUT2D eigenvalue weighted by molar-refractivity contribution is 6.12. The number of furan rings is 1. The van der Waals surface area contributed by atoms with Crippen molar-refractivity contribution in [3.8, 4) is 11.3 Å². The highest BCUT2D eigenvalue weighted by Crippen LogP contribution is 2.45. The molecular weight excluding hydrogens is 421 g/mol. The summed E-state index contributed by atoms with van der Waals surface area (Å²) >= 11 is 0. The lowest BCUT2D eigenvalue weighted by molar-refractivity contribution is -0.659. The maximum Gasteiger partial charge on any atom is 0.224 e. The lowest BCUT2D eigenvalue weighted by Gasteiger charge is -2.12. The number of benzene rings is 3. The molecule has 0 bridgehead atoms. The molecule has 34 heavy (non-hydrogen) atoms. The van der Waals surface area contributed by atoms with E-state index in [2.05, 4.69) is 75.8 Å². The van der Waals surface area contributed by atoms with E-state index in [0.717, 1.165) is 52.4 Å². The molecule has 0 N–H and O–H groups in total. The zero-order valence-electron chi connectivity index (χ0n) is 20.6. The summed E-state index contributed by atoms with van der Waals surface area (Å²) in [5.74, 6) is 0.834. The van der Waals surface area contributed by atoms with Crippen molar-refractivity contribution in [2.75, 3.05) is 0 Å². The number of halogens is 1. The Morgan fingerprint density at radius 3 is 2.53 bits per heavy atom. The molecule has 0 amide bonds. The second kappa shape index (κ2) is 7.66. The van der Waals surface area contributed by atoms with Gasteiger partial charge < -0.3 is 4.42 Å². The van der Waals surface area contributed by atoms with Crippen molar-refractivity contribution in [1.29, 1.82) is 0 Å². The number of fused-ring (bicyclic) bond motifs is 4. The summed E-state index contributed by atoms with van der Waals surface area (Å²) in [5.41, 5.74) is 8.33. The fraction of sp³-hybridized carbons (Fsp3) is 0.323. The minimum atomic E-state index is -0.141. The van der Waals surface area contributed by atoms with E-state index in [9.17, 15) is 4.39 Å². The van der Waals surface area contributed by atoms with Crippen LogP contribution in [0.15, 0.2) is 53.1 Å². The number of hydrogen-bond acceptors (Lipinski definition) is 1. The Kier molecular flexibility index (Phi) is 4.81. The number of pyridine rings is 1. The summed E-state index contributed by atoms with van der Waals surface area (Å²) in [6, 6.07) is 14.9. The van der Waals surface area contributed by atoms with E-state index in [4.69, 9.17) is 4.42 Å². The summed E-state index contributed by atoms with van der Waals surface area (Å²) < 4.78 is 23.5. The van der Waals surface area contributed by atoms with Gasteiger partial charge in [-0.3, -0.25) is 0 Å². The number of hydrogen-bond donors (Lipinski definition) is 0. The number of aryl methyl sites for hydroxylation is 2. The molecule has 0 unspecified atom stereocenters. The number of aromatic nitrogens is 1. The van der Waals surface area contributed by atoms with E-state index < -0.39 is 0 Å². The van der Waals surface area contributed by atoms with E-state index in [1.165, 1.54) is 27.5 Å². The predicted molar refractivity (Wildman–Crippen MR) is 138 cm³/mol. The summed E-state index contributed by atoms with van der Waals surface area (Å²) in [6.45, 7) is 8.84. The van der Waals surface area contributed by atoms with Gasteiger partial charge in [0.2, 0.25) is 5.69 Å². The highest BCUT2D eigenvalue weighted by Gasteiger charge is 2.29. The lowest BCUT2D eigenvalue weighted by Crippen LogP contribution is -2.31. The third-order valence-electron chi connectivity index (χ3n) is 7.50. The highest BCUT2D eigenvalue weighted by atomic mass is 19.1. The first-order valence-electron chi connectivity index (χ1n) is 12.4. The quantitative estimate of drug-likeness (QED) is 0.252. The third-order valence-corrected chi connectivity index (χ3v) is 7.50. The van der Waals surface area contributed by atoms with Gasteiger partial charge in [0.05, 0.1) is 10.9 Å². The predicted octanol–water partition coefficient (Wildman–Crippen LogP) is 8.06. The van der Waals surface area contributed by atoms with Gasteiger partial charge in [0.25, 0.3) is 0 Å². The first-order chi connectivity index (χ1) is 16.3. The van der Waals surface area contributed by atoms with Crippen molar-refractivity contribution in [3.05, 3.63) is 76.7 Å². The average molecular weight is 453 g/mol. The van der Waals surface area contributed by atoms with Crippen molar-refractivity contribution in [1.82, 2.24) is 0 Å². The lowest BCUT2D eigenvalue weighted by atomic mass is 9.92. The minimum Gasteiger partial charge on any atom is -0.455 e. The first kappa shape index (κ1) is 21.3. The van der Waals surface area contributed by atoms with Gasteiger partial charge in [-0.2, -0.15) is 0 Å². The first-order valence-corrected chi connectivity index (χ1v) is 12.4. The van der Waals surface area contributed by atoms with Crippen LogP contribution < -0.4 is 4.57 Å². The monoisotopic (exact) mass is 452 g/mol. The van der Waals surface area contributed by atoms with Gasteiger partial charge in [-0.25, -0.2) is 8.96 Å². The van der Waals surface area contributed by atoms with Crippen molar-refractivity contribution in [2.45, 2.75) is 52.9 Å². The van der Waals surface area contributed by atoms with Gasteiger partial charge in [-0.1, -0.05) is 26.0 Å². The standard InChI is InChI=1S/C31H31FNO/c1-17(2)12-20-6-9-23-22(14-20)10-11-33(5)30(23)29-19(4)18(3)13-26-25-15-24(21-7-8-21)27(32)16-28(25)34-31(26)29/h6,9-11,13-17,21H,7-8,12H2,1-5H3/q+1. The van der Waals surface area contributed by atoms with Crippen LogP contribution in [0.3, 0.4) is 0 Å². The van der Waals surface area contributed by atoms with E-state index >= 15 is 0 Å². The Morgan fingerprint density at radius 1 is 1.00 bits per heavy atom. The Labute approximate surface area is 200 Å². The van der Waals surface area contributed by atoms with Crippen molar-refractivity contribution in [2.24, 2.45) is 13.0 Å². The molecule has 0 aliphatic heterocycles. The molecule has 2 heterocycles. The molecule has 1 saturated carbocycles. The van der Waals surface area contributed by atoms with Gasteiger partial charge in [0.15, 0.2) is 6.20 Å². The molecule has 3 aromatic carbocycles. The Morgan fingerprint density at radius 2 is 1.79 bits per heavy atom. The maximum atomic E-state index is 14.9. The minimum absolute atomic E-state index is 0.141. The molecule has 1 aliphatic carbocycles. The zero-order valence-corrected chi connectivity index (χ0v) is 20.6. The second-order valence-corrected chi connectivity index (χ2v) is 10.6. The van der Waals surface area contributed by atoms with Crippen LogP contribution in [0.5, 0.6) is 0 Å². The van der Waals surface area contributed by atoms with Crippen molar-refractivity contribution < 1.29 is 13.4 Å². The Balaban J connectivity index is 1.67. The largest absolute Gasteiger partial charge is 0.455 e. The van der Waals surface area contributed by atoms with Crippen LogP contribution in [0.2, 0.25) is 0 Å². The molecule has 1 fully saturated rings. The van der Waals surface area contributed by atoms with Crippen LogP contribution >= 0.6 is 0 Å². The molecule has 2 aromatic heterocycles. The van der Waals surface area contributed by atoms with Gasteiger partial charge in [0.1, 0.15) is 24.0 Å². The fourth-order valence-electron chi connectivity index (χ4n) is 5.50. The SMILES string of the molecule is Cc1cc2c(oc3cc(F)c(C4CC4)cc32)c(-c2c3ccc(CC(C)C)cc3cc[n+]2C)c1C. The second-order valence-electron chi connectivity index (χ2n) is 10.6.